The van der Waals surface area contributed by atoms with Crippen LogP contribution in [-0.2, 0) is 0 Å². The van der Waals surface area contributed by atoms with Gasteiger partial charge in [-0.2, -0.15) is 5.26 Å². The van der Waals surface area contributed by atoms with Gasteiger partial charge in [-0.1, -0.05) is 25.4 Å². The highest BCUT2D eigenvalue weighted by atomic mass is 35.5. The summed E-state index contributed by atoms with van der Waals surface area (Å²) in [6.07, 6.45) is 0.346. The zero-order chi connectivity index (χ0) is 14.4. The summed E-state index contributed by atoms with van der Waals surface area (Å²) in [6.45, 7) is 5.27. The summed E-state index contributed by atoms with van der Waals surface area (Å²) < 4.78 is 0. The molecule has 0 atom stereocenters. The van der Waals surface area contributed by atoms with Crippen molar-refractivity contribution in [1.29, 1.82) is 5.26 Å². The summed E-state index contributed by atoms with van der Waals surface area (Å²) >= 11 is 5.95. The van der Waals surface area contributed by atoms with Crippen LogP contribution in [0, 0.1) is 17.2 Å². The van der Waals surface area contributed by atoms with E-state index in [1.54, 1.807) is 12.1 Å². The highest BCUT2D eigenvalue weighted by Crippen LogP contribution is 2.26. The van der Waals surface area contributed by atoms with Crippen molar-refractivity contribution in [3.63, 3.8) is 0 Å². The number of aromatic carboxylic acids is 1. The lowest BCUT2D eigenvalue weighted by Crippen LogP contribution is -2.30. The van der Waals surface area contributed by atoms with Crippen LogP contribution in [0.15, 0.2) is 18.2 Å². The van der Waals surface area contributed by atoms with Gasteiger partial charge in [-0.25, -0.2) is 4.79 Å². The Morgan fingerprint density at radius 1 is 1.53 bits per heavy atom. The number of benzene rings is 1. The third kappa shape index (κ3) is 4.46. The molecule has 0 radical (unpaired) electrons. The van der Waals surface area contributed by atoms with Gasteiger partial charge < -0.3 is 10.0 Å². The van der Waals surface area contributed by atoms with Crippen LogP contribution in [0.1, 0.15) is 30.6 Å². The van der Waals surface area contributed by atoms with Crippen LogP contribution in [0.2, 0.25) is 5.02 Å². The van der Waals surface area contributed by atoms with Gasteiger partial charge in [0.15, 0.2) is 0 Å². The van der Waals surface area contributed by atoms with Gasteiger partial charge in [0.05, 0.1) is 23.7 Å². The molecule has 4 nitrogen and oxygen atoms in total. The zero-order valence-electron chi connectivity index (χ0n) is 11.1. The van der Waals surface area contributed by atoms with Crippen LogP contribution in [0.5, 0.6) is 0 Å². The summed E-state index contributed by atoms with van der Waals surface area (Å²) in [4.78, 5) is 13.2. The number of nitriles is 1. The predicted molar refractivity (Wildman–Crippen MR) is 75.7 cm³/mol. The van der Waals surface area contributed by atoms with Crippen LogP contribution in [-0.4, -0.2) is 24.2 Å². The van der Waals surface area contributed by atoms with Gasteiger partial charge in [0.25, 0.3) is 0 Å². The molecular weight excluding hydrogens is 264 g/mol. The van der Waals surface area contributed by atoms with E-state index < -0.39 is 5.97 Å². The molecule has 1 aromatic rings. The molecule has 0 amide bonds. The van der Waals surface area contributed by atoms with Gasteiger partial charge in [-0.3, -0.25) is 0 Å². The maximum absolute atomic E-state index is 11.3. The molecule has 0 saturated carbocycles. The van der Waals surface area contributed by atoms with Gasteiger partial charge in [0.1, 0.15) is 0 Å². The van der Waals surface area contributed by atoms with Crippen molar-refractivity contribution in [2.75, 3.05) is 18.0 Å². The largest absolute Gasteiger partial charge is 0.478 e. The van der Waals surface area contributed by atoms with Crippen molar-refractivity contribution in [2.45, 2.75) is 20.3 Å². The van der Waals surface area contributed by atoms with E-state index in [2.05, 4.69) is 6.07 Å². The maximum Gasteiger partial charge on any atom is 0.337 e. The molecule has 0 aliphatic carbocycles. The number of anilines is 1. The highest BCUT2D eigenvalue weighted by Gasteiger charge is 2.17. The van der Waals surface area contributed by atoms with Crippen molar-refractivity contribution in [1.82, 2.24) is 0 Å². The minimum atomic E-state index is -0.989. The summed E-state index contributed by atoms with van der Waals surface area (Å²) in [7, 11) is 0. The number of carbonyl (C=O) groups is 1. The quantitative estimate of drug-likeness (QED) is 0.867. The second kappa shape index (κ2) is 7.01. The Morgan fingerprint density at radius 3 is 2.74 bits per heavy atom. The summed E-state index contributed by atoms with van der Waals surface area (Å²) in [5.41, 5.74) is 0.784. The molecule has 0 fully saturated rings. The van der Waals surface area contributed by atoms with E-state index >= 15 is 0 Å². The van der Waals surface area contributed by atoms with Crippen molar-refractivity contribution in [3.8, 4) is 6.07 Å². The summed E-state index contributed by atoms with van der Waals surface area (Å²) in [5, 5.41) is 18.4. The van der Waals surface area contributed by atoms with Gasteiger partial charge in [0.2, 0.25) is 0 Å². The molecule has 5 heteroatoms. The Kier molecular flexibility index (Phi) is 5.65. The molecule has 0 aliphatic heterocycles. The molecule has 0 heterocycles. The number of rotatable bonds is 6. The van der Waals surface area contributed by atoms with Crippen LogP contribution < -0.4 is 4.90 Å². The lowest BCUT2D eigenvalue weighted by molar-refractivity contribution is 0.0697. The minimum absolute atomic E-state index is 0.211. The average Bonchev–Trinajstić information content (AvgIpc) is 2.33. The molecule has 1 aromatic carbocycles. The first-order chi connectivity index (χ1) is 8.95. The topological polar surface area (TPSA) is 64.3 Å². The van der Waals surface area contributed by atoms with Gasteiger partial charge >= 0.3 is 5.97 Å². The van der Waals surface area contributed by atoms with Crippen molar-refractivity contribution in [3.05, 3.63) is 28.8 Å². The fourth-order valence-electron chi connectivity index (χ4n) is 1.88. The predicted octanol–water partition coefficient (Wildman–Crippen LogP) is 3.41. The molecular formula is C14H17ClN2O2. The lowest BCUT2D eigenvalue weighted by Gasteiger charge is -2.27. The second-order valence-electron chi connectivity index (χ2n) is 4.71. The van der Waals surface area contributed by atoms with Crippen LogP contribution >= 0.6 is 11.6 Å². The fraction of sp³-hybridized carbons (Fsp3) is 0.429. The number of carboxylic acids is 1. The molecule has 102 valence electrons. The molecule has 0 spiro atoms. The van der Waals surface area contributed by atoms with E-state index in [9.17, 15) is 9.90 Å². The second-order valence-corrected chi connectivity index (χ2v) is 5.15. The smallest absolute Gasteiger partial charge is 0.337 e. The number of carboxylic acid groups (broad SMARTS) is 1. The molecule has 0 saturated heterocycles. The van der Waals surface area contributed by atoms with E-state index in [1.165, 1.54) is 6.07 Å². The average molecular weight is 281 g/mol. The molecule has 1 N–H and O–H groups in total. The van der Waals surface area contributed by atoms with Gasteiger partial charge in [0, 0.05) is 18.1 Å². The minimum Gasteiger partial charge on any atom is -0.478 e. The molecule has 0 bridgehead atoms. The Balaban J connectivity index is 3.15. The molecule has 1 rings (SSSR count). The molecule has 0 aromatic heterocycles. The Hall–Kier alpha value is -1.73. The first-order valence-electron chi connectivity index (χ1n) is 6.10. The van der Waals surface area contributed by atoms with Crippen LogP contribution in [0.25, 0.3) is 0 Å². The first kappa shape index (κ1) is 15.3. The normalized spacial score (nSPS) is 10.3. The van der Waals surface area contributed by atoms with E-state index in [-0.39, 0.29) is 5.56 Å². The highest BCUT2D eigenvalue weighted by molar-refractivity contribution is 6.31. The number of hydrogen-bond acceptors (Lipinski definition) is 3. The van der Waals surface area contributed by atoms with Crippen LogP contribution in [0.4, 0.5) is 5.69 Å². The van der Waals surface area contributed by atoms with E-state index in [0.717, 1.165) is 0 Å². The van der Waals surface area contributed by atoms with Crippen molar-refractivity contribution in [2.24, 2.45) is 5.92 Å². The van der Waals surface area contributed by atoms with Crippen molar-refractivity contribution >= 4 is 23.3 Å². The third-order valence-electron chi connectivity index (χ3n) is 2.61. The molecule has 0 aliphatic rings. The standard InChI is InChI=1S/C14H17ClN2O2/c1-10(2)9-17(7-3-6-16)13-8-11(15)4-5-12(13)14(18)19/h4-5,8,10H,3,7,9H2,1-2H3,(H,18,19). The maximum atomic E-state index is 11.3. The van der Waals surface area contributed by atoms with Crippen molar-refractivity contribution < 1.29 is 9.90 Å². The number of halogens is 1. The van der Waals surface area contributed by atoms with E-state index in [1.807, 2.05) is 18.7 Å². The van der Waals surface area contributed by atoms with Gasteiger partial charge in [-0.05, 0) is 24.1 Å². The Bertz CT molecular complexity index is 495. The van der Waals surface area contributed by atoms with E-state index in [0.29, 0.717) is 36.1 Å². The third-order valence-corrected chi connectivity index (χ3v) is 2.85. The first-order valence-corrected chi connectivity index (χ1v) is 6.48. The number of hydrogen-bond donors (Lipinski definition) is 1. The monoisotopic (exact) mass is 280 g/mol. The summed E-state index contributed by atoms with van der Waals surface area (Å²) in [6, 6.07) is 6.79. The van der Waals surface area contributed by atoms with E-state index in [4.69, 9.17) is 16.9 Å². The SMILES string of the molecule is CC(C)CN(CCC#N)c1cc(Cl)ccc1C(=O)O. The number of nitrogens with zero attached hydrogens (tertiary/aromatic N) is 2. The zero-order valence-corrected chi connectivity index (χ0v) is 11.8. The molecule has 19 heavy (non-hydrogen) atoms. The Labute approximate surface area is 118 Å². The van der Waals surface area contributed by atoms with Gasteiger partial charge in [-0.15, -0.1) is 0 Å². The Morgan fingerprint density at radius 2 is 2.21 bits per heavy atom. The molecule has 0 unspecified atom stereocenters. The summed E-state index contributed by atoms with van der Waals surface area (Å²) in [5.74, 6) is -0.628. The fourth-order valence-corrected chi connectivity index (χ4v) is 2.05. The lowest BCUT2D eigenvalue weighted by atomic mass is 10.1. The van der Waals surface area contributed by atoms with Crippen LogP contribution in [0.3, 0.4) is 0 Å².